The van der Waals surface area contributed by atoms with Gasteiger partial charge in [-0.2, -0.15) is 0 Å². The van der Waals surface area contributed by atoms with Gasteiger partial charge in [0.25, 0.3) is 0 Å². The molecule has 7 nitrogen and oxygen atoms in total. The summed E-state index contributed by atoms with van der Waals surface area (Å²) >= 11 is 0. The lowest BCUT2D eigenvalue weighted by atomic mass is 9.94. The van der Waals surface area contributed by atoms with E-state index in [2.05, 4.69) is 0 Å². The largest absolute Gasteiger partial charge is 0.493 e. The molecule has 0 spiro atoms. The second kappa shape index (κ2) is 8.17. The van der Waals surface area contributed by atoms with Crippen molar-refractivity contribution in [2.24, 2.45) is 5.92 Å². The summed E-state index contributed by atoms with van der Waals surface area (Å²) in [5, 5.41) is 0. The van der Waals surface area contributed by atoms with Gasteiger partial charge in [0.2, 0.25) is 5.75 Å². The summed E-state index contributed by atoms with van der Waals surface area (Å²) < 4.78 is 20.3. The van der Waals surface area contributed by atoms with Gasteiger partial charge in [-0.15, -0.1) is 0 Å². The highest BCUT2D eigenvalue weighted by Crippen LogP contribution is 2.38. The fourth-order valence-electron chi connectivity index (χ4n) is 2.07. The molecule has 0 radical (unpaired) electrons. The molecule has 0 heterocycles. The van der Waals surface area contributed by atoms with Gasteiger partial charge in [0.1, 0.15) is 0 Å². The molecule has 1 aromatic rings. The molecule has 23 heavy (non-hydrogen) atoms. The van der Waals surface area contributed by atoms with Crippen molar-refractivity contribution in [1.29, 1.82) is 0 Å². The van der Waals surface area contributed by atoms with Crippen molar-refractivity contribution in [2.45, 2.75) is 13.8 Å². The Bertz CT molecular complexity index is 581. The Labute approximate surface area is 134 Å². The molecule has 1 rings (SSSR count). The first-order valence-corrected chi connectivity index (χ1v) is 6.92. The molecule has 126 valence electrons. The summed E-state index contributed by atoms with van der Waals surface area (Å²) in [4.78, 5) is 36.1. The van der Waals surface area contributed by atoms with Crippen LogP contribution in [0.4, 0.5) is 0 Å². The summed E-state index contributed by atoms with van der Waals surface area (Å²) in [6, 6.07) is 2.78. The van der Waals surface area contributed by atoms with Gasteiger partial charge in [-0.1, -0.05) is 0 Å². The fourth-order valence-corrected chi connectivity index (χ4v) is 2.07. The Morgan fingerprint density at radius 1 is 1.00 bits per heavy atom. The first-order chi connectivity index (χ1) is 10.9. The van der Waals surface area contributed by atoms with Gasteiger partial charge >= 0.3 is 5.97 Å². The number of methoxy groups -OCH3 is 3. The van der Waals surface area contributed by atoms with E-state index < -0.39 is 23.5 Å². The molecule has 1 unspecified atom stereocenters. The van der Waals surface area contributed by atoms with Crippen LogP contribution in [-0.2, 0) is 14.3 Å². The maximum atomic E-state index is 12.6. The van der Waals surface area contributed by atoms with Crippen LogP contribution in [0.15, 0.2) is 12.1 Å². The van der Waals surface area contributed by atoms with Crippen LogP contribution < -0.4 is 14.2 Å². The first kappa shape index (κ1) is 18.5. The Morgan fingerprint density at radius 2 is 1.52 bits per heavy atom. The molecule has 0 aliphatic carbocycles. The van der Waals surface area contributed by atoms with E-state index in [0.717, 1.165) is 6.92 Å². The molecule has 1 atom stereocenters. The van der Waals surface area contributed by atoms with Crippen LogP contribution in [0.3, 0.4) is 0 Å². The number of carbonyl (C=O) groups is 3. The van der Waals surface area contributed by atoms with Crippen LogP contribution in [0.2, 0.25) is 0 Å². The maximum Gasteiger partial charge on any atom is 0.324 e. The number of ketones is 2. The van der Waals surface area contributed by atoms with Crippen LogP contribution in [0.1, 0.15) is 24.2 Å². The van der Waals surface area contributed by atoms with Crippen LogP contribution in [-0.4, -0.2) is 45.5 Å². The lowest BCUT2D eigenvalue weighted by Gasteiger charge is -2.16. The van der Waals surface area contributed by atoms with Crippen LogP contribution >= 0.6 is 0 Å². The molecule has 7 heteroatoms. The lowest BCUT2D eigenvalue weighted by molar-refractivity contribution is -0.148. The number of ether oxygens (including phenoxy) is 4. The van der Waals surface area contributed by atoms with Crippen LogP contribution in [0.5, 0.6) is 17.2 Å². The second-order valence-corrected chi connectivity index (χ2v) is 4.57. The minimum Gasteiger partial charge on any atom is -0.493 e. The highest BCUT2D eigenvalue weighted by Gasteiger charge is 2.34. The normalized spacial score (nSPS) is 11.3. The Kier molecular flexibility index (Phi) is 6.56. The number of carbonyl (C=O) groups excluding carboxylic acids is 3. The number of hydrogen-bond acceptors (Lipinski definition) is 7. The molecule has 0 saturated heterocycles. The number of benzene rings is 1. The lowest BCUT2D eigenvalue weighted by Crippen LogP contribution is -2.32. The number of hydrogen-bond donors (Lipinski definition) is 0. The van der Waals surface area contributed by atoms with Gasteiger partial charge in [-0.3, -0.25) is 14.4 Å². The van der Waals surface area contributed by atoms with Crippen molar-refractivity contribution in [3.8, 4) is 17.2 Å². The zero-order valence-electron chi connectivity index (χ0n) is 13.8. The second-order valence-electron chi connectivity index (χ2n) is 4.57. The van der Waals surface area contributed by atoms with Gasteiger partial charge in [-0.25, -0.2) is 0 Å². The zero-order chi connectivity index (χ0) is 17.6. The van der Waals surface area contributed by atoms with E-state index in [1.165, 1.54) is 33.5 Å². The first-order valence-electron chi connectivity index (χ1n) is 6.92. The fraction of sp³-hybridized carbons (Fsp3) is 0.438. The molecule has 0 aliphatic rings. The molecular weight excluding hydrogens is 304 g/mol. The summed E-state index contributed by atoms with van der Waals surface area (Å²) in [5.41, 5.74) is 0.0905. The van der Waals surface area contributed by atoms with Gasteiger partial charge in [0, 0.05) is 5.56 Å². The molecule has 0 amide bonds. The predicted octanol–water partition coefficient (Wildman–Crippen LogP) is 1.66. The summed E-state index contributed by atoms with van der Waals surface area (Å²) in [5.74, 6) is -2.86. The van der Waals surface area contributed by atoms with Crippen LogP contribution in [0.25, 0.3) is 0 Å². The smallest absolute Gasteiger partial charge is 0.324 e. The number of rotatable bonds is 8. The van der Waals surface area contributed by atoms with Crippen molar-refractivity contribution >= 4 is 17.5 Å². The quantitative estimate of drug-likeness (QED) is 0.408. The summed E-state index contributed by atoms with van der Waals surface area (Å²) in [6.45, 7) is 2.83. The van der Waals surface area contributed by atoms with E-state index in [1.54, 1.807) is 6.92 Å². The van der Waals surface area contributed by atoms with Crippen molar-refractivity contribution < 1.29 is 33.3 Å². The molecule has 0 saturated carbocycles. The van der Waals surface area contributed by atoms with Crippen molar-refractivity contribution in [2.75, 3.05) is 27.9 Å². The molecule has 0 aliphatic heterocycles. The van der Waals surface area contributed by atoms with Crippen molar-refractivity contribution in [3.05, 3.63) is 17.7 Å². The van der Waals surface area contributed by atoms with Crippen molar-refractivity contribution in [1.82, 2.24) is 0 Å². The topological polar surface area (TPSA) is 88.1 Å². The SMILES string of the molecule is CCOC(=O)C(C(C)=O)C(=O)c1cc(OC)c(OC)c(OC)c1. The van der Waals surface area contributed by atoms with E-state index in [4.69, 9.17) is 18.9 Å². The average Bonchev–Trinajstić information content (AvgIpc) is 2.53. The molecule has 1 aromatic carbocycles. The Hall–Kier alpha value is -2.57. The number of esters is 1. The highest BCUT2D eigenvalue weighted by atomic mass is 16.5. The van der Waals surface area contributed by atoms with Crippen LogP contribution in [0, 0.1) is 5.92 Å². The minimum atomic E-state index is -1.52. The van der Waals surface area contributed by atoms with E-state index in [0.29, 0.717) is 5.75 Å². The summed E-state index contributed by atoms with van der Waals surface area (Å²) in [7, 11) is 4.23. The van der Waals surface area contributed by atoms with Crippen molar-refractivity contribution in [3.63, 3.8) is 0 Å². The zero-order valence-corrected chi connectivity index (χ0v) is 13.8. The molecule has 0 fully saturated rings. The van der Waals surface area contributed by atoms with E-state index >= 15 is 0 Å². The minimum absolute atomic E-state index is 0.0746. The third-order valence-corrected chi connectivity index (χ3v) is 3.14. The van der Waals surface area contributed by atoms with Gasteiger partial charge in [0.05, 0.1) is 27.9 Å². The molecule has 0 aromatic heterocycles. The molecular formula is C16H20O7. The monoisotopic (exact) mass is 324 g/mol. The Morgan fingerprint density at radius 3 is 1.87 bits per heavy atom. The van der Waals surface area contributed by atoms with E-state index in [-0.39, 0.29) is 23.7 Å². The predicted molar refractivity (Wildman–Crippen MR) is 81.2 cm³/mol. The highest BCUT2D eigenvalue weighted by molar-refractivity contribution is 6.22. The third-order valence-electron chi connectivity index (χ3n) is 3.14. The third kappa shape index (κ3) is 4.00. The summed E-state index contributed by atoms with van der Waals surface area (Å²) in [6.07, 6.45) is 0. The van der Waals surface area contributed by atoms with Gasteiger partial charge < -0.3 is 18.9 Å². The van der Waals surface area contributed by atoms with Gasteiger partial charge in [0.15, 0.2) is 29.0 Å². The van der Waals surface area contributed by atoms with Gasteiger partial charge in [-0.05, 0) is 26.0 Å². The average molecular weight is 324 g/mol. The maximum absolute atomic E-state index is 12.6. The Balaban J connectivity index is 3.35. The molecule has 0 N–H and O–H groups in total. The standard InChI is InChI=1S/C16H20O7/c1-6-23-16(19)13(9(2)17)14(18)10-7-11(20-3)15(22-5)12(8-10)21-4/h7-8,13H,6H2,1-5H3. The van der Waals surface area contributed by atoms with E-state index in [9.17, 15) is 14.4 Å². The van der Waals surface area contributed by atoms with E-state index in [1.807, 2.05) is 0 Å². The number of Topliss-reactive ketones (excluding diaryl/α,β-unsaturated/α-hetero) is 2. The molecule has 0 bridgehead atoms.